The number of carboxylic acids is 1. The highest BCUT2D eigenvalue weighted by atomic mass is 32.2. The summed E-state index contributed by atoms with van der Waals surface area (Å²) >= 11 is 0. The summed E-state index contributed by atoms with van der Waals surface area (Å²) in [6, 6.07) is 10.2. The van der Waals surface area contributed by atoms with E-state index in [9.17, 15) is 32.6 Å². The summed E-state index contributed by atoms with van der Waals surface area (Å²) in [7, 11) is -6.92. The zero-order valence-corrected chi connectivity index (χ0v) is 32.4. The Labute approximate surface area is 315 Å². The molecule has 0 spiro atoms. The van der Waals surface area contributed by atoms with Crippen molar-refractivity contribution in [2.24, 2.45) is 11.8 Å². The van der Waals surface area contributed by atoms with Gasteiger partial charge < -0.3 is 44.1 Å². The molecule has 17 nitrogen and oxygen atoms in total. The van der Waals surface area contributed by atoms with E-state index in [-0.39, 0.29) is 43.0 Å². The second kappa shape index (κ2) is 18.1. The van der Waals surface area contributed by atoms with Gasteiger partial charge in [-0.15, -0.1) is 0 Å². The number of ether oxygens (including phenoxy) is 5. The molecule has 0 saturated carbocycles. The first-order chi connectivity index (χ1) is 25.5. The van der Waals surface area contributed by atoms with Gasteiger partial charge in [-0.3, -0.25) is 14.0 Å². The van der Waals surface area contributed by atoms with E-state index >= 15 is 0 Å². The number of rotatable bonds is 18. The molecule has 0 radical (unpaired) electrons. The summed E-state index contributed by atoms with van der Waals surface area (Å²) in [6.45, 7) is 6.42. The van der Waals surface area contributed by atoms with Gasteiger partial charge in [0.2, 0.25) is 10.0 Å². The molecule has 2 aromatic carbocycles. The van der Waals surface area contributed by atoms with Gasteiger partial charge in [0.25, 0.3) is 0 Å². The largest absolute Gasteiger partial charge is 0.497 e. The van der Waals surface area contributed by atoms with Crippen molar-refractivity contribution in [2.45, 2.75) is 75.7 Å². The summed E-state index contributed by atoms with van der Waals surface area (Å²) in [5.74, 6) is -0.766. The minimum atomic E-state index is -4.35. The van der Waals surface area contributed by atoms with Gasteiger partial charge >= 0.3 is 19.7 Å². The van der Waals surface area contributed by atoms with Crippen molar-refractivity contribution in [3.05, 3.63) is 53.6 Å². The zero-order chi connectivity index (χ0) is 39.2. The number of aliphatic hydroxyl groups is 1. The van der Waals surface area contributed by atoms with E-state index in [1.807, 2.05) is 18.7 Å². The lowest BCUT2D eigenvalue weighted by Crippen LogP contribution is -2.55. The van der Waals surface area contributed by atoms with Gasteiger partial charge in [0, 0.05) is 32.7 Å². The lowest BCUT2D eigenvalue weighted by molar-refractivity contribution is -0.144. The van der Waals surface area contributed by atoms with Crippen LogP contribution in [0.25, 0.3) is 0 Å². The molecule has 3 aliphatic heterocycles. The molecule has 1 amide bonds. The smallest absolute Gasteiger partial charge is 0.407 e. The number of nitrogens with one attached hydrogen (secondary N) is 1. The monoisotopic (exact) mass is 799 g/mol. The molecule has 0 aromatic heterocycles. The van der Waals surface area contributed by atoms with Crippen LogP contribution in [0.15, 0.2) is 47.4 Å². The van der Waals surface area contributed by atoms with Crippen molar-refractivity contribution in [3.63, 3.8) is 0 Å². The Morgan fingerprint density at radius 3 is 2.48 bits per heavy atom. The molecule has 3 heterocycles. The number of alkyl carbamates (subject to hydrolysis) is 1. The number of aliphatic carboxylic acids is 1. The van der Waals surface area contributed by atoms with E-state index in [1.165, 1.54) is 23.5 Å². The van der Waals surface area contributed by atoms with Gasteiger partial charge in [0.05, 0.1) is 43.3 Å². The van der Waals surface area contributed by atoms with Crippen LogP contribution in [0.1, 0.15) is 38.3 Å². The van der Waals surface area contributed by atoms with E-state index in [1.54, 1.807) is 30.3 Å². The Bertz CT molecular complexity index is 1760. The molecule has 2 aromatic rings. The van der Waals surface area contributed by atoms with Crippen LogP contribution in [-0.4, -0.2) is 128 Å². The Hall–Kier alpha value is -3.32. The normalized spacial score (nSPS) is 22.9. The first kappa shape index (κ1) is 41.8. The highest BCUT2D eigenvalue weighted by molar-refractivity contribution is 7.89. The third kappa shape index (κ3) is 10.9. The molecule has 7 atom stereocenters. The fourth-order valence-corrected chi connectivity index (χ4v) is 9.21. The van der Waals surface area contributed by atoms with Gasteiger partial charge in [-0.05, 0) is 73.2 Å². The number of carboxylic acid groups (broad SMARTS) is 1. The molecule has 5 rings (SSSR count). The SMILES string of the molecule is COc1ccc(S(=O)(=O)N(CC(C)C)C[C@@H](O)[C@H](CN2CCc3cc(OCP(=O)(O)O[C@@H](C)C(=O)O)ccc3C2)NC(=O)O[C@H]2CO[C@H]3OCC[C@H]32)cc1. The Kier molecular flexibility index (Phi) is 14.0. The predicted molar refractivity (Wildman–Crippen MR) is 193 cm³/mol. The van der Waals surface area contributed by atoms with Crippen molar-refractivity contribution >= 4 is 29.7 Å². The zero-order valence-electron chi connectivity index (χ0n) is 30.7. The van der Waals surface area contributed by atoms with Crippen LogP contribution in [0.3, 0.4) is 0 Å². The number of amides is 1. The van der Waals surface area contributed by atoms with Crippen molar-refractivity contribution in [2.75, 3.05) is 52.9 Å². The topological polar surface area (TPSA) is 220 Å². The molecule has 2 saturated heterocycles. The molecule has 0 aliphatic carbocycles. The molecule has 4 N–H and O–H groups in total. The van der Waals surface area contributed by atoms with Gasteiger partial charge in [-0.25, -0.2) is 18.0 Å². The molecule has 54 heavy (non-hydrogen) atoms. The Morgan fingerprint density at radius 2 is 1.80 bits per heavy atom. The van der Waals surface area contributed by atoms with Crippen LogP contribution in [0.4, 0.5) is 4.79 Å². The van der Waals surface area contributed by atoms with Crippen molar-refractivity contribution in [3.8, 4) is 11.5 Å². The summed E-state index contributed by atoms with van der Waals surface area (Å²) in [5, 5.41) is 23.5. The molecular formula is C35H50N3O14PS. The summed E-state index contributed by atoms with van der Waals surface area (Å²) < 4.78 is 73.6. The van der Waals surface area contributed by atoms with Crippen LogP contribution >= 0.6 is 7.60 Å². The van der Waals surface area contributed by atoms with E-state index in [0.29, 0.717) is 44.0 Å². The van der Waals surface area contributed by atoms with E-state index in [2.05, 4.69) is 5.32 Å². The van der Waals surface area contributed by atoms with Gasteiger partial charge in [0.1, 0.15) is 17.6 Å². The standard InChI is InChI=1S/C35H50N3O14PS/c1-22(2)16-38(54(45,46)28-9-7-26(47-4)8-10-28)19-31(39)30(36-35(42)51-32-20-49-34-29(32)12-14-48-34)18-37-13-11-24-15-27(6-5-25(24)17-37)50-21-53(43,44)52-23(3)33(40)41/h5-10,15,22-23,29-32,34,39H,11-14,16-21H2,1-4H3,(H,36,42)(H,40,41)(H,43,44)/t23-,29-,30-,31+,32-,34+/m0/s1. The molecule has 3 aliphatic rings. The van der Waals surface area contributed by atoms with Crippen LogP contribution in [0, 0.1) is 11.8 Å². The molecule has 0 bridgehead atoms. The fourth-order valence-electron chi connectivity index (χ4n) is 6.63. The van der Waals surface area contributed by atoms with Gasteiger partial charge in [-0.1, -0.05) is 19.9 Å². The summed E-state index contributed by atoms with van der Waals surface area (Å²) in [6.07, 6.45) is -4.10. The van der Waals surface area contributed by atoms with Gasteiger partial charge in [0.15, 0.2) is 18.7 Å². The molecular weight excluding hydrogens is 749 g/mol. The van der Waals surface area contributed by atoms with Crippen LogP contribution in [0.2, 0.25) is 0 Å². The number of hydrogen-bond acceptors (Lipinski definition) is 13. The third-order valence-corrected chi connectivity index (χ3v) is 12.4. The van der Waals surface area contributed by atoms with Crippen LogP contribution < -0.4 is 14.8 Å². The number of nitrogens with zero attached hydrogens (tertiary/aromatic N) is 2. The average Bonchev–Trinajstić information content (AvgIpc) is 3.75. The molecule has 19 heteroatoms. The average molecular weight is 800 g/mol. The quantitative estimate of drug-likeness (QED) is 0.159. The van der Waals surface area contributed by atoms with E-state index in [0.717, 1.165) is 18.1 Å². The molecule has 2 fully saturated rings. The van der Waals surface area contributed by atoms with E-state index < -0.39 is 66.7 Å². The van der Waals surface area contributed by atoms with Crippen molar-refractivity contribution in [1.29, 1.82) is 0 Å². The molecule has 1 unspecified atom stereocenters. The predicted octanol–water partition coefficient (Wildman–Crippen LogP) is 2.63. The lowest BCUT2D eigenvalue weighted by atomic mass is 9.98. The van der Waals surface area contributed by atoms with Crippen LogP contribution in [0.5, 0.6) is 11.5 Å². The Balaban J connectivity index is 1.29. The van der Waals surface area contributed by atoms with Crippen LogP contribution in [-0.2, 0) is 51.1 Å². The lowest BCUT2D eigenvalue weighted by Gasteiger charge is -2.35. The fraction of sp³-hybridized carbons (Fsp3) is 0.600. The van der Waals surface area contributed by atoms with Gasteiger partial charge in [-0.2, -0.15) is 4.31 Å². The third-order valence-electron chi connectivity index (χ3n) is 9.46. The second-order valence-corrected chi connectivity index (χ2v) is 17.8. The first-order valence-corrected chi connectivity index (χ1v) is 21.0. The number of benzene rings is 2. The van der Waals surface area contributed by atoms with Crippen molar-refractivity contribution < 1.29 is 65.9 Å². The Morgan fingerprint density at radius 1 is 1.07 bits per heavy atom. The molecule has 300 valence electrons. The summed E-state index contributed by atoms with van der Waals surface area (Å²) in [4.78, 5) is 36.4. The van der Waals surface area contributed by atoms with E-state index in [4.69, 9.17) is 33.3 Å². The second-order valence-electron chi connectivity index (χ2n) is 14.1. The minimum Gasteiger partial charge on any atom is -0.497 e. The number of methoxy groups -OCH3 is 1. The number of aliphatic hydroxyl groups excluding tert-OH is 1. The maximum Gasteiger partial charge on any atom is 0.407 e. The number of hydrogen-bond donors (Lipinski definition) is 4. The van der Waals surface area contributed by atoms with Crippen molar-refractivity contribution in [1.82, 2.24) is 14.5 Å². The number of carbonyl (C=O) groups excluding carboxylic acids is 1. The maximum atomic E-state index is 13.9. The maximum absolute atomic E-state index is 13.9. The highest BCUT2D eigenvalue weighted by Crippen LogP contribution is 2.43. The minimum absolute atomic E-state index is 0.0368. The number of fused-ring (bicyclic) bond motifs is 2. The summed E-state index contributed by atoms with van der Waals surface area (Å²) in [5.41, 5.74) is 1.82. The highest BCUT2D eigenvalue weighted by Gasteiger charge is 2.44. The number of sulfonamides is 1. The first-order valence-electron chi connectivity index (χ1n) is 17.8. The number of carbonyl (C=O) groups is 2.